The lowest BCUT2D eigenvalue weighted by atomic mass is 9.78. The van der Waals surface area contributed by atoms with E-state index in [9.17, 15) is 5.26 Å². The van der Waals surface area contributed by atoms with Gasteiger partial charge in [-0.1, -0.05) is 43.3 Å². The zero-order chi connectivity index (χ0) is 22.3. The quantitative estimate of drug-likeness (QED) is 0.434. The Bertz CT molecular complexity index is 1070. The topological polar surface area (TPSA) is 64.4 Å². The van der Waals surface area contributed by atoms with Crippen molar-refractivity contribution in [2.45, 2.75) is 38.7 Å². The van der Waals surface area contributed by atoms with Crippen molar-refractivity contribution in [1.82, 2.24) is 4.98 Å². The first-order valence-electron chi connectivity index (χ1n) is 10.6. The summed E-state index contributed by atoms with van der Waals surface area (Å²) in [5, 5.41) is 11.1. The third-order valence-corrected chi connectivity index (χ3v) is 5.56. The summed E-state index contributed by atoms with van der Waals surface area (Å²) in [5.41, 5.74) is 4.38. The molecule has 0 saturated carbocycles. The number of fused-ring (bicyclic) bond motifs is 1. The summed E-state index contributed by atoms with van der Waals surface area (Å²) in [6.07, 6.45) is 1.46. The average Bonchev–Trinajstić information content (AvgIpc) is 2.80. The molecule has 5 heteroatoms. The number of benzene rings is 2. The van der Waals surface area contributed by atoms with E-state index in [4.69, 9.17) is 14.2 Å². The number of hydrogen-bond acceptors (Lipinski definition) is 5. The maximum Gasteiger partial charge on any atom is 0.216 e. The fourth-order valence-corrected chi connectivity index (χ4v) is 3.74. The number of pyridine rings is 1. The first-order chi connectivity index (χ1) is 15.0. The van der Waals surface area contributed by atoms with Crippen LogP contribution >= 0.6 is 0 Å². The Kier molecular flexibility index (Phi) is 7.62. The number of ether oxygens (including phenoxy) is 3. The highest BCUT2D eigenvalue weighted by atomic mass is 16.5. The van der Waals surface area contributed by atoms with Gasteiger partial charge < -0.3 is 14.2 Å². The SMILES string of the molecule is CCc1cc2ccc(C(C)(C#N)Cc3cccc(COCCOC)c3)cc2nc1OC. The number of aryl methyl sites for hydroxylation is 1. The predicted octanol–water partition coefficient (Wildman–Crippen LogP) is 4.99. The molecule has 1 atom stereocenters. The Morgan fingerprint density at radius 2 is 1.84 bits per heavy atom. The number of nitriles is 1. The van der Waals surface area contributed by atoms with Gasteiger partial charge in [-0.15, -0.1) is 0 Å². The monoisotopic (exact) mass is 418 g/mol. The summed E-state index contributed by atoms with van der Waals surface area (Å²) in [6, 6.07) is 19.0. The van der Waals surface area contributed by atoms with E-state index < -0.39 is 5.41 Å². The third-order valence-electron chi connectivity index (χ3n) is 5.56. The smallest absolute Gasteiger partial charge is 0.216 e. The number of rotatable bonds is 10. The molecule has 0 spiro atoms. The van der Waals surface area contributed by atoms with Crippen LogP contribution in [0.15, 0.2) is 48.5 Å². The summed E-state index contributed by atoms with van der Waals surface area (Å²) in [4.78, 5) is 4.68. The minimum absolute atomic E-state index is 0.528. The molecule has 0 aliphatic heterocycles. The van der Waals surface area contributed by atoms with E-state index in [1.54, 1.807) is 14.2 Å². The fraction of sp³-hybridized carbons (Fsp3) is 0.385. The molecule has 0 amide bonds. The molecule has 5 nitrogen and oxygen atoms in total. The van der Waals surface area contributed by atoms with E-state index in [0.717, 1.165) is 39.6 Å². The molecule has 1 unspecified atom stereocenters. The van der Waals surface area contributed by atoms with Crippen molar-refractivity contribution in [3.8, 4) is 11.9 Å². The van der Waals surface area contributed by atoms with Crippen LogP contribution in [0.1, 0.15) is 36.1 Å². The molecule has 0 bridgehead atoms. The fourth-order valence-electron chi connectivity index (χ4n) is 3.74. The molecule has 1 heterocycles. The predicted molar refractivity (Wildman–Crippen MR) is 122 cm³/mol. The zero-order valence-electron chi connectivity index (χ0n) is 18.8. The molecule has 3 aromatic rings. The second kappa shape index (κ2) is 10.4. The Balaban J connectivity index is 1.86. The molecule has 31 heavy (non-hydrogen) atoms. The second-order valence-electron chi connectivity index (χ2n) is 7.90. The summed E-state index contributed by atoms with van der Waals surface area (Å²) < 4.78 is 16.1. The lowest BCUT2D eigenvalue weighted by Gasteiger charge is -2.23. The van der Waals surface area contributed by atoms with Crippen molar-refractivity contribution >= 4 is 10.9 Å². The van der Waals surface area contributed by atoms with Gasteiger partial charge in [-0.3, -0.25) is 0 Å². The molecule has 0 radical (unpaired) electrons. The first-order valence-corrected chi connectivity index (χ1v) is 10.6. The average molecular weight is 419 g/mol. The molecule has 0 aliphatic rings. The van der Waals surface area contributed by atoms with Crippen LogP contribution in [0.2, 0.25) is 0 Å². The first kappa shape index (κ1) is 22.7. The highest BCUT2D eigenvalue weighted by Gasteiger charge is 2.27. The number of methoxy groups -OCH3 is 2. The van der Waals surface area contributed by atoms with Crippen molar-refractivity contribution in [3.05, 3.63) is 70.8 Å². The maximum absolute atomic E-state index is 10.1. The zero-order valence-corrected chi connectivity index (χ0v) is 18.8. The van der Waals surface area contributed by atoms with Gasteiger partial charge in [0.2, 0.25) is 5.88 Å². The standard InChI is InChI=1S/C26H30N2O3/c1-5-21-14-22-9-10-23(15-24(22)28-25(21)30-4)26(2,18-27)16-19-7-6-8-20(13-19)17-31-12-11-29-3/h6-10,13-15H,5,11-12,16-17H2,1-4H3. The Morgan fingerprint density at radius 1 is 1.03 bits per heavy atom. The number of aromatic nitrogens is 1. The maximum atomic E-state index is 10.1. The van der Waals surface area contributed by atoms with Crippen molar-refractivity contribution < 1.29 is 14.2 Å². The largest absolute Gasteiger partial charge is 0.481 e. The number of hydrogen-bond donors (Lipinski definition) is 0. The van der Waals surface area contributed by atoms with Crippen LogP contribution in [-0.4, -0.2) is 32.4 Å². The Hall–Kier alpha value is -2.94. The van der Waals surface area contributed by atoms with Crippen LogP contribution in [0, 0.1) is 11.3 Å². The molecule has 0 fully saturated rings. The molecule has 0 N–H and O–H groups in total. The van der Waals surface area contributed by atoms with E-state index in [1.807, 2.05) is 37.3 Å². The normalized spacial score (nSPS) is 13.0. The van der Waals surface area contributed by atoms with Crippen LogP contribution in [0.5, 0.6) is 5.88 Å². The third kappa shape index (κ3) is 5.41. The highest BCUT2D eigenvalue weighted by Crippen LogP contribution is 2.31. The van der Waals surface area contributed by atoms with Crippen molar-refractivity contribution in [2.24, 2.45) is 0 Å². The Labute approximate surface area is 184 Å². The lowest BCUT2D eigenvalue weighted by molar-refractivity contribution is 0.0616. The summed E-state index contributed by atoms with van der Waals surface area (Å²) >= 11 is 0. The molecular weight excluding hydrogens is 388 g/mol. The van der Waals surface area contributed by atoms with Crippen molar-refractivity contribution in [1.29, 1.82) is 5.26 Å². The number of nitrogens with zero attached hydrogens (tertiary/aromatic N) is 2. The van der Waals surface area contributed by atoms with Gasteiger partial charge in [-0.25, -0.2) is 4.98 Å². The van der Waals surface area contributed by atoms with Gasteiger partial charge in [0.1, 0.15) is 0 Å². The molecule has 3 rings (SSSR count). The Morgan fingerprint density at radius 3 is 2.55 bits per heavy atom. The van der Waals surface area contributed by atoms with Gasteiger partial charge in [0.05, 0.1) is 43.9 Å². The van der Waals surface area contributed by atoms with E-state index in [1.165, 1.54) is 0 Å². The molecule has 1 aromatic heterocycles. The van der Waals surface area contributed by atoms with E-state index in [2.05, 4.69) is 36.2 Å². The van der Waals surface area contributed by atoms with E-state index >= 15 is 0 Å². The molecule has 2 aromatic carbocycles. The second-order valence-corrected chi connectivity index (χ2v) is 7.90. The van der Waals surface area contributed by atoms with Crippen LogP contribution < -0.4 is 4.74 Å². The van der Waals surface area contributed by atoms with Crippen molar-refractivity contribution in [2.75, 3.05) is 27.4 Å². The van der Waals surface area contributed by atoms with E-state index in [-0.39, 0.29) is 0 Å². The minimum atomic E-state index is -0.679. The van der Waals surface area contributed by atoms with Crippen LogP contribution in [0.3, 0.4) is 0 Å². The van der Waals surface area contributed by atoms with Gasteiger partial charge in [0.25, 0.3) is 0 Å². The van der Waals surface area contributed by atoms with Crippen LogP contribution in [-0.2, 0) is 34.3 Å². The van der Waals surface area contributed by atoms with Crippen LogP contribution in [0.4, 0.5) is 0 Å². The lowest BCUT2D eigenvalue weighted by Crippen LogP contribution is -2.23. The summed E-state index contributed by atoms with van der Waals surface area (Å²) in [5.74, 6) is 0.645. The molecule has 0 saturated heterocycles. The summed E-state index contributed by atoms with van der Waals surface area (Å²) in [6.45, 7) is 5.73. The molecule has 0 aliphatic carbocycles. The van der Waals surface area contributed by atoms with E-state index in [0.29, 0.717) is 32.1 Å². The minimum Gasteiger partial charge on any atom is -0.481 e. The van der Waals surface area contributed by atoms with Gasteiger partial charge in [-0.05, 0) is 48.6 Å². The van der Waals surface area contributed by atoms with Gasteiger partial charge >= 0.3 is 0 Å². The van der Waals surface area contributed by atoms with Crippen LogP contribution in [0.25, 0.3) is 10.9 Å². The molecular formula is C26H30N2O3. The molecule has 162 valence electrons. The van der Waals surface area contributed by atoms with Crippen molar-refractivity contribution in [3.63, 3.8) is 0 Å². The summed E-state index contributed by atoms with van der Waals surface area (Å²) in [7, 11) is 3.30. The van der Waals surface area contributed by atoms with Gasteiger partial charge in [0, 0.05) is 18.1 Å². The van der Waals surface area contributed by atoms with Gasteiger partial charge in [0.15, 0.2) is 0 Å². The van der Waals surface area contributed by atoms with Gasteiger partial charge in [-0.2, -0.15) is 5.26 Å². The highest BCUT2D eigenvalue weighted by molar-refractivity contribution is 5.81.